The van der Waals surface area contributed by atoms with E-state index >= 15 is 0 Å². The summed E-state index contributed by atoms with van der Waals surface area (Å²) in [4.78, 5) is 11.5. The molecule has 0 aliphatic heterocycles. The van der Waals surface area contributed by atoms with Crippen molar-refractivity contribution in [3.8, 4) is 0 Å². The van der Waals surface area contributed by atoms with E-state index < -0.39 is 5.91 Å². The highest BCUT2D eigenvalue weighted by molar-refractivity contribution is 5.93. The number of aromatic amines is 1. The number of benzene rings is 1. The lowest BCUT2D eigenvalue weighted by atomic mass is 10.2. The summed E-state index contributed by atoms with van der Waals surface area (Å²) in [5.41, 5.74) is 4.08. The van der Waals surface area contributed by atoms with Gasteiger partial charge in [0.2, 0.25) is 0 Å². The molecule has 1 heterocycles. The maximum absolute atomic E-state index is 12.6. The van der Waals surface area contributed by atoms with E-state index in [-0.39, 0.29) is 11.5 Å². The van der Waals surface area contributed by atoms with E-state index in [1.165, 1.54) is 18.3 Å². The monoisotopic (exact) mass is 246 g/mol. The van der Waals surface area contributed by atoms with E-state index in [0.29, 0.717) is 5.56 Å². The lowest BCUT2D eigenvalue weighted by Crippen LogP contribution is -2.17. The third-order valence-corrected chi connectivity index (χ3v) is 2.19. The van der Waals surface area contributed by atoms with Crippen molar-refractivity contribution in [3.63, 3.8) is 0 Å². The Kier molecular flexibility index (Phi) is 3.47. The van der Waals surface area contributed by atoms with Gasteiger partial charge in [0.25, 0.3) is 5.91 Å². The van der Waals surface area contributed by atoms with Gasteiger partial charge in [0.15, 0.2) is 5.69 Å². The van der Waals surface area contributed by atoms with Crippen LogP contribution in [0.25, 0.3) is 0 Å². The SMILES string of the molecule is Cc1cc(C(=O)N/N=C/c2ccc(F)cc2)n[nH]1. The van der Waals surface area contributed by atoms with Crippen LogP contribution in [0.3, 0.4) is 0 Å². The molecule has 2 rings (SSSR count). The first-order valence-corrected chi connectivity index (χ1v) is 5.26. The molecule has 0 fully saturated rings. The van der Waals surface area contributed by atoms with Crippen molar-refractivity contribution in [2.75, 3.05) is 0 Å². The molecule has 0 spiro atoms. The fraction of sp³-hybridized carbons (Fsp3) is 0.0833. The summed E-state index contributed by atoms with van der Waals surface area (Å²) >= 11 is 0. The smallest absolute Gasteiger partial charge is 0.282 e. The molecule has 1 amide bonds. The van der Waals surface area contributed by atoms with Gasteiger partial charge in [0.1, 0.15) is 5.82 Å². The van der Waals surface area contributed by atoms with Gasteiger partial charge >= 0.3 is 0 Å². The van der Waals surface area contributed by atoms with Crippen LogP contribution >= 0.6 is 0 Å². The predicted octanol–water partition coefficient (Wildman–Crippen LogP) is 1.62. The van der Waals surface area contributed by atoms with Crippen LogP contribution < -0.4 is 5.43 Å². The van der Waals surface area contributed by atoms with Gasteiger partial charge in [0, 0.05) is 5.69 Å². The summed E-state index contributed by atoms with van der Waals surface area (Å²) in [6.45, 7) is 1.80. The van der Waals surface area contributed by atoms with Crippen molar-refractivity contribution < 1.29 is 9.18 Å². The molecule has 92 valence electrons. The Morgan fingerprint density at radius 1 is 1.44 bits per heavy atom. The van der Waals surface area contributed by atoms with Gasteiger partial charge < -0.3 is 0 Å². The molecule has 6 heteroatoms. The van der Waals surface area contributed by atoms with Crippen molar-refractivity contribution >= 4 is 12.1 Å². The summed E-state index contributed by atoms with van der Waals surface area (Å²) in [6.07, 6.45) is 1.43. The van der Waals surface area contributed by atoms with Crippen molar-refractivity contribution in [1.29, 1.82) is 0 Å². The Morgan fingerprint density at radius 2 is 2.17 bits per heavy atom. The number of nitrogens with zero attached hydrogens (tertiary/aromatic N) is 2. The summed E-state index contributed by atoms with van der Waals surface area (Å²) < 4.78 is 12.6. The molecule has 0 unspecified atom stereocenters. The molecular weight excluding hydrogens is 235 g/mol. The van der Waals surface area contributed by atoms with Gasteiger partial charge in [-0.15, -0.1) is 0 Å². The molecule has 5 nitrogen and oxygen atoms in total. The van der Waals surface area contributed by atoms with Crippen LogP contribution in [0.15, 0.2) is 35.4 Å². The summed E-state index contributed by atoms with van der Waals surface area (Å²) in [5, 5.41) is 10.2. The second-order valence-corrected chi connectivity index (χ2v) is 3.69. The Balaban J connectivity index is 1.95. The zero-order valence-corrected chi connectivity index (χ0v) is 9.64. The Morgan fingerprint density at radius 3 is 2.78 bits per heavy atom. The van der Waals surface area contributed by atoms with Crippen molar-refractivity contribution in [1.82, 2.24) is 15.6 Å². The first-order chi connectivity index (χ1) is 8.65. The second-order valence-electron chi connectivity index (χ2n) is 3.69. The molecule has 0 radical (unpaired) electrons. The maximum Gasteiger partial charge on any atom is 0.291 e. The van der Waals surface area contributed by atoms with Crippen LogP contribution in [0.2, 0.25) is 0 Å². The summed E-state index contributed by atoms with van der Waals surface area (Å²) in [7, 11) is 0. The van der Waals surface area contributed by atoms with Gasteiger partial charge in [-0.1, -0.05) is 12.1 Å². The molecule has 2 N–H and O–H groups in total. The highest BCUT2D eigenvalue weighted by Crippen LogP contribution is 2.00. The van der Waals surface area contributed by atoms with Crippen molar-refractivity contribution in [2.24, 2.45) is 5.10 Å². The number of rotatable bonds is 3. The van der Waals surface area contributed by atoms with Gasteiger partial charge in [-0.3, -0.25) is 9.89 Å². The zero-order valence-electron chi connectivity index (χ0n) is 9.64. The van der Waals surface area contributed by atoms with Gasteiger partial charge in [-0.25, -0.2) is 9.82 Å². The third-order valence-electron chi connectivity index (χ3n) is 2.19. The molecule has 0 atom stereocenters. The van der Waals surface area contributed by atoms with Gasteiger partial charge in [-0.05, 0) is 30.7 Å². The minimum Gasteiger partial charge on any atom is -0.282 e. The normalized spacial score (nSPS) is 10.8. The van der Waals surface area contributed by atoms with Crippen LogP contribution in [0.4, 0.5) is 4.39 Å². The van der Waals surface area contributed by atoms with Crippen LogP contribution in [-0.2, 0) is 0 Å². The highest BCUT2D eigenvalue weighted by Gasteiger charge is 2.07. The van der Waals surface area contributed by atoms with E-state index in [0.717, 1.165) is 5.69 Å². The van der Waals surface area contributed by atoms with E-state index in [1.807, 2.05) is 0 Å². The van der Waals surface area contributed by atoms with E-state index in [9.17, 15) is 9.18 Å². The first-order valence-electron chi connectivity index (χ1n) is 5.26. The number of carbonyl (C=O) groups is 1. The number of hydrogen-bond acceptors (Lipinski definition) is 3. The summed E-state index contributed by atoms with van der Waals surface area (Å²) in [6, 6.07) is 7.37. The first kappa shape index (κ1) is 12.0. The number of halogens is 1. The van der Waals surface area contributed by atoms with E-state index in [1.54, 1.807) is 25.1 Å². The number of amides is 1. The molecule has 0 bridgehead atoms. The van der Waals surface area contributed by atoms with Crippen LogP contribution in [0, 0.1) is 12.7 Å². The average Bonchev–Trinajstić information content (AvgIpc) is 2.78. The highest BCUT2D eigenvalue weighted by atomic mass is 19.1. The topological polar surface area (TPSA) is 70.1 Å². The maximum atomic E-state index is 12.6. The fourth-order valence-corrected chi connectivity index (χ4v) is 1.31. The number of aromatic nitrogens is 2. The van der Waals surface area contributed by atoms with E-state index in [2.05, 4.69) is 20.7 Å². The number of nitrogens with one attached hydrogen (secondary N) is 2. The molecule has 18 heavy (non-hydrogen) atoms. The number of aryl methyl sites for hydroxylation is 1. The lowest BCUT2D eigenvalue weighted by molar-refractivity contribution is 0.0950. The van der Waals surface area contributed by atoms with Crippen molar-refractivity contribution in [2.45, 2.75) is 6.92 Å². The minimum absolute atomic E-state index is 0.267. The number of carbonyl (C=O) groups excluding carboxylic acids is 1. The third kappa shape index (κ3) is 3.00. The number of hydrogen-bond donors (Lipinski definition) is 2. The van der Waals surface area contributed by atoms with Crippen LogP contribution in [0.1, 0.15) is 21.7 Å². The van der Waals surface area contributed by atoms with Gasteiger partial charge in [-0.2, -0.15) is 10.2 Å². The molecular formula is C12H11FN4O. The lowest BCUT2D eigenvalue weighted by Gasteiger charge is -1.95. The van der Waals surface area contributed by atoms with Crippen LogP contribution in [0.5, 0.6) is 0 Å². The molecule has 0 saturated heterocycles. The number of H-pyrrole nitrogens is 1. The second kappa shape index (κ2) is 5.22. The minimum atomic E-state index is -0.405. The molecule has 1 aromatic heterocycles. The van der Waals surface area contributed by atoms with Crippen LogP contribution in [-0.4, -0.2) is 22.3 Å². The molecule has 0 aliphatic rings. The fourth-order valence-electron chi connectivity index (χ4n) is 1.31. The Bertz CT molecular complexity index is 574. The van der Waals surface area contributed by atoms with Gasteiger partial charge in [0.05, 0.1) is 6.21 Å². The molecule has 0 aliphatic carbocycles. The quantitative estimate of drug-likeness (QED) is 0.638. The Hall–Kier alpha value is -2.50. The molecule has 1 aromatic carbocycles. The summed E-state index contributed by atoms with van der Waals surface area (Å²) in [5.74, 6) is -0.721. The predicted molar refractivity (Wildman–Crippen MR) is 64.8 cm³/mol. The zero-order chi connectivity index (χ0) is 13.0. The molecule has 2 aromatic rings. The number of hydrazone groups is 1. The van der Waals surface area contributed by atoms with Crippen molar-refractivity contribution in [3.05, 3.63) is 53.1 Å². The standard InChI is InChI=1S/C12H11FN4O/c1-8-6-11(16-15-8)12(18)17-14-7-9-2-4-10(13)5-3-9/h2-7H,1H3,(H,15,16)(H,17,18)/b14-7+. The average molecular weight is 246 g/mol. The van der Waals surface area contributed by atoms with E-state index in [4.69, 9.17) is 0 Å². The molecule has 0 saturated carbocycles. The largest absolute Gasteiger partial charge is 0.291 e. The Labute approximate surface area is 103 Å².